The predicted octanol–water partition coefficient (Wildman–Crippen LogP) is 4.71. The first-order valence-electron chi connectivity index (χ1n) is 7.40. The minimum absolute atomic E-state index is 0.114. The molecule has 3 nitrogen and oxygen atoms in total. The Kier molecular flexibility index (Phi) is 6.44. The zero-order valence-electron chi connectivity index (χ0n) is 13.8. The lowest BCUT2D eigenvalue weighted by atomic mass is 10.1. The molecule has 0 aromatic heterocycles. The van der Waals surface area contributed by atoms with Gasteiger partial charge in [-0.15, -0.1) is 0 Å². The molecule has 24 heavy (non-hydrogen) atoms. The second-order valence-corrected chi connectivity index (χ2v) is 7.95. The van der Waals surface area contributed by atoms with Gasteiger partial charge in [0.15, 0.2) is 0 Å². The minimum atomic E-state index is -0.947. The third kappa shape index (κ3) is 4.59. The van der Waals surface area contributed by atoms with Gasteiger partial charge in [0.1, 0.15) is 0 Å². The van der Waals surface area contributed by atoms with E-state index in [-0.39, 0.29) is 11.9 Å². The first-order valence-corrected chi connectivity index (χ1v) is 9.89. The van der Waals surface area contributed by atoms with Crippen LogP contribution in [0.5, 0.6) is 0 Å². The van der Waals surface area contributed by atoms with E-state index >= 15 is 0 Å². The third-order valence-electron chi connectivity index (χ3n) is 3.86. The van der Waals surface area contributed by atoms with Gasteiger partial charge in [0.2, 0.25) is 0 Å². The Morgan fingerprint density at radius 3 is 2.54 bits per heavy atom. The van der Waals surface area contributed by atoms with Crippen molar-refractivity contribution in [1.82, 2.24) is 4.90 Å². The molecule has 0 aliphatic heterocycles. The van der Waals surface area contributed by atoms with Gasteiger partial charge in [-0.1, -0.05) is 41.4 Å². The maximum absolute atomic E-state index is 12.8. The number of nitrogens with zero attached hydrogens (tertiary/aromatic N) is 1. The zero-order chi connectivity index (χ0) is 17.9. The molecular formula is C18H19Cl2NO2S. The molecule has 128 valence electrons. The van der Waals surface area contributed by atoms with Crippen LogP contribution < -0.4 is 0 Å². The van der Waals surface area contributed by atoms with Crippen molar-refractivity contribution in [2.45, 2.75) is 18.7 Å². The van der Waals surface area contributed by atoms with E-state index in [1.54, 1.807) is 42.5 Å². The number of rotatable bonds is 5. The molecule has 0 saturated carbocycles. The van der Waals surface area contributed by atoms with E-state index < -0.39 is 10.8 Å². The summed E-state index contributed by atoms with van der Waals surface area (Å²) in [5.41, 5.74) is 2.28. The van der Waals surface area contributed by atoms with Crippen molar-refractivity contribution in [2.75, 3.05) is 13.3 Å². The summed E-state index contributed by atoms with van der Waals surface area (Å²) in [7, 11) is 0.791. The van der Waals surface area contributed by atoms with Gasteiger partial charge >= 0.3 is 0 Å². The average molecular weight is 384 g/mol. The van der Waals surface area contributed by atoms with Crippen molar-refractivity contribution in [3.05, 3.63) is 69.2 Å². The first-order chi connectivity index (χ1) is 11.3. The summed E-state index contributed by atoms with van der Waals surface area (Å²) in [6, 6.07) is 12.3. The van der Waals surface area contributed by atoms with Crippen LogP contribution in [0.25, 0.3) is 0 Å². The molecule has 0 bridgehead atoms. The molecular weight excluding hydrogens is 365 g/mol. The Morgan fingerprint density at radius 2 is 1.92 bits per heavy atom. The molecule has 2 unspecified atom stereocenters. The van der Waals surface area contributed by atoms with Crippen molar-refractivity contribution in [1.29, 1.82) is 0 Å². The number of carbonyl (C=O) groups excluding carboxylic acids is 1. The van der Waals surface area contributed by atoms with Crippen LogP contribution in [0.1, 0.15) is 34.5 Å². The fourth-order valence-corrected chi connectivity index (χ4v) is 3.67. The number of halogens is 2. The van der Waals surface area contributed by atoms with E-state index in [1.165, 1.54) is 0 Å². The highest BCUT2D eigenvalue weighted by molar-refractivity contribution is 7.83. The van der Waals surface area contributed by atoms with Gasteiger partial charge in [-0.2, -0.15) is 0 Å². The van der Waals surface area contributed by atoms with E-state index in [2.05, 4.69) is 0 Å². The predicted molar refractivity (Wildman–Crippen MR) is 101 cm³/mol. The lowest BCUT2D eigenvalue weighted by Crippen LogP contribution is -2.29. The Labute approximate surface area is 155 Å². The monoisotopic (exact) mass is 383 g/mol. The number of benzene rings is 2. The maximum atomic E-state index is 12.8. The normalized spacial score (nSPS) is 13.4. The van der Waals surface area contributed by atoms with Crippen molar-refractivity contribution >= 4 is 39.9 Å². The van der Waals surface area contributed by atoms with Gasteiger partial charge < -0.3 is 4.90 Å². The molecule has 0 aliphatic carbocycles. The summed E-state index contributed by atoms with van der Waals surface area (Å²) in [6.45, 7) is 1.91. The molecule has 0 fully saturated rings. The van der Waals surface area contributed by atoms with Crippen LogP contribution in [0.4, 0.5) is 0 Å². The van der Waals surface area contributed by atoms with Crippen molar-refractivity contribution < 1.29 is 9.00 Å². The third-order valence-corrected chi connectivity index (χ3v) is 5.16. The van der Waals surface area contributed by atoms with Crippen LogP contribution in [-0.4, -0.2) is 28.3 Å². The molecule has 0 radical (unpaired) electrons. The molecule has 6 heteroatoms. The second kappa shape index (κ2) is 8.15. The molecule has 0 aliphatic rings. The van der Waals surface area contributed by atoms with Crippen molar-refractivity contribution in [2.24, 2.45) is 0 Å². The fourth-order valence-electron chi connectivity index (χ4n) is 2.46. The lowest BCUT2D eigenvalue weighted by molar-refractivity contribution is 0.0742. The largest absolute Gasteiger partial charge is 0.335 e. The Morgan fingerprint density at radius 1 is 1.21 bits per heavy atom. The van der Waals surface area contributed by atoms with Crippen molar-refractivity contribution in [3.8, 4) is 0 Å². The fraction of sp³-hybridized carbons (Fsp3) is 0.278. The van der Waals surface area contributed by atoms with E-state index in [9.17, 15) is 9.00 Å². The Balaban J connectivity index is 2.23. The number of hydrogen-bond donors (Lipinski definition) is 0. The SMILES string of the molecule is CC(c1ccc(Cl)cc1Cl)N(C)C(=O)c1cccc(CS(C)=O)c1. The topological polar surface area (TPSA) is 37.4 Å². The van der Waals surface area contributed by atoms with Crippen molar-refractivity contribution in [3.63, 3.8) is 0 Å². The summed E-state index contributed by atoms with van der Waals surface area (Å²) < 4.78 is 11.4. The number of carbonyl (C=O) groups is 1. The molecule has 0 heterocycles. The van der Waals surface area contributed by atoms with Gasteiger partial charge in [0, 0.05) is 45.5 Å². The Hall–Kier alpha value is -1.36. The summed E-state index contributed by atoms with van der Waals surface area (Å²) in [4.78, 5) is 14.4. The highest BCUT2D eigenvalue weighted by Gasteiger charge is 2.21. The van der Waals surface area contributed by atoms with Crippen LogP contribution in [0.2, 0.25) is 10.0 Å². The zero-order valence-corrected chi connectivity index (χ0v) is 16.1. The summed E-state index contributed by atoms with van der Waals surface area (Å²) in [5, 5.41) is 1.09. The highest BCUT2D eigenvalue weighted by Crippen LogP contribution is 2.29. The van der Waals surface area contributed by atoms with E-state index in [0.29, 0.717) is 21.4 Å². The molecule has 2 rings (SSSR count). The van der Waals surface area contributed by atoms with Gasteiger partial charge in [0.25, 0.3) is 5.91 Å². The van der Waals surface area contributed by atoms with Crippen LogP contribution in [-0.2, 0) is 16.6 Å². The molecule has 1 amide bonds. The molecule has 2 aromatic rings. The number of amides is 1. The van der Waals surface area contributed by atoms with E-state index in [0.717, 1.165) is 11.1 Å². The number of hydrogen-bond acceptors (Lipinski definition) is 2. The molecule has 0 spiro atoms. The summed E-state index contributed by atoms with van der Waals surface area (Å²) >= 11 is 12.2. The summed E-state index contributed by atoms with van der Waals surface area (Å²) in [6.07, 6.45) is 1.64. The van der Waals surface area contributed by atoms with E-state index in [1.807, 2.05) is 25.1 Å². The lowest BCUT2D eigenvalue weighted by Gasteiger charge is -2.26. The Bertz CT molecular complexity index is 779. The molecule has 0 saturated heterocycles. The van der Waals surface area contributed by atoms with Gasteiger partial charge in [-0.3, -0.25) is 9.00 Å². The van der Waals surface area contributed by atoms with Gasteiger partial charge in [0.05, 0.1) is 6.04 Å². The molecule has 2 atom stereocenters. The molecule has 0 N–H and O–H groups in total. The van der Waals surface area contributed by atoms with Crippen LogP contribution in [0, 0.1) is 0 Å². The standard InChI is InChI=1S/C18H19Cl2NO2S/c1-12(16-8-7-15(19)10-17(16)20)21(2)18(22)14-6-4-5-13(9-14)11-24(3)23/h4-10,12H,11H2,1-3H3. The van der Waals surface area contributed by atoms with Gasteiger partial charge in [-0.05, 0) is 42.3 Å². The average Bonchev–Trinajstić information content (AvgIpc) is 2.52. The minimum Gasteiger partial charge on any atom is -0.335 e. The van der Waals surface area contributed by atoms with E-state index in [4.69, 9.17) is 23.2 Å². The smallest absolute Gasteiger partial charge is 0.254 e. The maximum Gasteiger partial charge on any atom is 0.254 e. The van der Waals surface area contributed by atoms with Crippen LogP contribution in [0.15, 0.2) is 42.5 Å². The second-order valence-electron chi connectivity index (χ2n) is 5.68. The molecule has 2 aromatic carbocycles. The van der Waals surface area contributed by atoms with Crippen LogP contribution in [0.3, 0.4) is 0 Å². The summed E-state index contributed by atoms with van der Waals surface area (Å²) in [5.74, 6) is 0.320. The quantitative estimate of drug-likeness (QED) is 0.749. The highest BCUT2D eigenvalue weighted by atomic mass is 35.5. The first kappa shape index (κ1) is 19.0. The van der Waals surface area contributed by atoms with Gasteiger partial charge in [-0.25, -0.2) is 0 Å². The van der Waals surface area contributed by atoms with Crippen LogP contribution >= 0.6 is 23.2 Å².